The maximum Gasteiger partial charge on any atom is 0.337 e. The standard InChI is InChI=1S/C27H25N3O5/c1-3-4-11-23-25(24-22(27(33)34)12-8-17-28-24)29(20-13-15-21(16-14-20)35-18(2)31)30(26(23)32)19-9-6-5-7-10-19/h5-10,12-17H,3-4,11H2,1-2H3,(H,33,34). The van der Waals surface area contributed by atoms with Gasteiger partial charge in [0.1, 0.15) is 11.4 Å². The first-order chi connectivity index (χ1) is 16.9. The number of esters is 1. The fraction of sp³-hybridized carbons (Fsp3) is 0.185. The van der Waals surface area contributed by atoms with E-state index in [0.29, 0.717) is 34.8 Å². The Kier molecular flexibility index (Phi) is 6.91. The Morgan fingerprint density at radius 2 is 1.63 bits per heavy atom. The van der Waals surface area contributed by atoms with E-state index in [1.165, 1.54) is 23.9 Å². The zero-order chi connectivity index (χ0) is 24.9. The van der Waals surface area contributed by atoms with Crippen LogP contribution in [-0.2, 0) is 11.2 Å². The molecule has 4 rings (SSSR count). The topological polar surface area (TPSA) is 103 Å². The van der Waals surface area contributed by atoms with Gasteiger partial charge >= 0.3 is 11.9 Å². The second-order valence-corrected chi connectivity index (χ2v) is 7.99. The maximum absolute atomic E-state index is 13.9. The van der Waals surface area contributed by atoms with Crippen molar-refractivity contribution in [2.24, 2.45) is 0 Å². The van der Waals surface area contributed by atoms with Crippen LogP contribution in [0.3, 0.4) is 0 Å². The van der Waals surface area contributed by atoms with Crippen molar-refractivity contribution in [2.45, 2.75) is 33.1 Å². The average Bonchev–Trinajstić information content (AvgIpc) is 3.15. The lowest BCUT2D eigenvalue weighted by Crippen LogP contribution is -2.21. The predicted octanol–water partition coefficient (Wildman–Crippen LogP) is 4.66. The van der Waals surface area contributed by atoms with Gasteiger partial charge in [-0.3, -0.25) is 14.6 Å². The fourth-order valence-electron chi connectivity index (χ4n) is 4.00. The van der Waals surface area contributed by atoms with E-state index >= 15 is 0 Å². The molecule has 8 nitrogen and oxygen atoms in total. The second kappa shape index (κ2) is 10.2. The first-order valence-electron chi connectivity index (χ1n) is 11.3. The number of nitrogens with zero attached hydrogens (tertiary/aromatic N) is 3. The number of pyridine rings is 1. The number of aromatic carboxylic acids is 1. The van der Waals surface area contributed by atoms with Crippen LogP contribution in [-0.4, -0.2) is 31.4 Å². The van der Waals surface area contributed by atoms with E-state index in [1.54, 1.807) is 35.0 Å². The number of unbranched alkanes of at least 4 members (excludes halogenated alkanes) is 1. The molecule has 8 heteroatoms. The zero-order valence-corrected chi connectivity index (χ0v) is 19.5. The number of aromatic nitrogens is 3. The molecule has 2 aromatic heterocycles. The van der Waals surface area contributed by atoms with E-state index in [0.717, 1.165) is 12.8 Å². The van der Waals surface area contributed by atoms with Crippen molar-refractivity contribution in [3.8, 4) is 28.5 Å². The summed E-state index contributed by atoms with van der Waals surface area (Å²) in [6.07, 6.45) is 3.59. The van der Waals surface area contributed by atoms with Crippen molar-refractivity contribution < 1.29 is 19.4 Å². The highest BCUT2D eigenvalue weighted by Gasteiger charge is 2.27. The average molecular weight is 472 g/mol. The molecule has 0 aliphatic heterocycles. The number of carbonyl (C=O) groups excluding carboxylic acids is 1. The maximum atomic E-state index is 13.9. The molecular formula is C27H25N3O5. The monoisotopic (exact) mass is 471 g/mol. The molecule has 0 unspecified atom stereocenters. The first-order valence-corrected chi connectivity index (χ1v) is 11.3. The molecule has 0 amide bonds. The number of ether oxygens (including phenoxy) is 1. The van der Waals surface area contributed by atoms with Crippen LogP contribution < -0.4 is 10.3 Å². The van der Waals surface area contributed by atoms with Gasteiger partial charge in [0.2, 0.25) is 0 Å². The summed E-state index contributed by atoms with van der Waals surface area (Å²) in [6, 6.07) is 18.9. The number of carboxylic acids is 1. The van der Waals surface area contributed by atoms with Crippen LogP contribution >= 0.6 is 0 Å². The Balaban J connectivity index is 2.08. The molecule has 2 heterocycles. The highest BCUT2D eigenvalue weighted by atomic mass is 16.5. The summed E-state index contributed by atoms with van der Waals surface area (Å²) in [4.78, 5) is 41.7. The third-order valence-electron chi connectivity index (χ3n) is 5.53. The Bertz CT molecular complexity index is 1420. The smallest absolute Gasteiger partial charge is 0.337 e. The third-order valence-corrected chi connectivity index (χ3v) is 5.53. The summed E-state index contributed by atoms with van der Waals surface area (Å²) in [5.74, 6) is -1.22. The van der Waals surface area contributed by atoms with Crippen LogP contribution in [0, 0.1) is 0 Å². The van der Waals surface area contributed by atoms with E-state index in [2.05, 4.69) is 4.98 Å². The molecule has 4 aromatic rings. The quantitative estimate of drug-likeness (QED) is 0.296. The van der Waals surface area contributed by atoms with Crippen LogP contribution in [0.4, 0.5) is 0 Å². The molecule has 2 aromatic carbocycles. The first kappa shape index (κ1) is 23.7. The van der Waals surface area contributed by atoms with Gasteiger partial charge in [0.05, 0.1) is 22.6 Å². The minimum atomic E-state index is -1.13. The molecule has 0 spiro atoms. The normalized spacial score (nSPS) is 10.8. The van der Waals surface area contributed by atoms with Gasteiger partial charge in [0.15, 0.2) is 0 Å². The van der Waals surface area contributed by atoms with Gasteiger partial charge in [-0.05, 0) is 61.4 Å². The van der Waals surface area contributed by atoms with Crippen LogP contribution in [0.15, 0.2) is 77.7 Å². The van der Waals surface area contributed by atoms with E-state index in [-0.39, 0.29) is 16.8 Å². The highest BCUT2D eigenvalue weighted by molar-refractivity contribution is 5.94. The lowest BCUT2D eigenvalue weighted by molar-refractivity contribution is -0.131. The summed E-state index contributed by atoms with van der Waals surface area (Å²) in [5.41, 5.74) is 2.08. The number of carboxylic acid groups (broad SMARTS) is 1. The molecular weight excluding hydrogens is 446 g/mol. The lowest BCUT2D eigenvalue weighted by Gasteiger charge is -2.16. The SMILES string of the molecule is CCCCc1c(-c2ncccc2C(=O)O)n(-c2ccc(OC(C)=O)cc2)n(-c2ccccc2)c1=O. The molecule has 0 aliphatic rings. The number of carbonyl (C=O) groups is 2. The molecule has 0 saturated heterocycles. The summed E-state index contributed by atoms with van der Waals surface area (Å²) in [5, 5.41) is 9.89. The lowest BCUT2D eigenvalue weighted by atomic mass is 10.0. The van der Waals surface area contributed by atoms with Crippen LogP contribution in [0.2, 0.25) is 0 Å². The minimum Gasteiger partial charge on any atom is -0.478 e. The van der Waals surface area contributed by atoms with Gasteiger partial charge in [-0.2, -0.15) is 0 Å². The molecule has 0 aliphatic carbocycles. The Morgan fingerprint density at radius 1 is 0.943 bits per heavy atom. The van der Waals surface area contributed by atoms with Crippen molar-refractivity contribution in [1.82, 2.24) is 14.3 Å². The van der Waals surface area contributed by atoms with Crippen molar-refractivity contribution in [3.05, 3.63) is 94.4 Å². The molecule has 178 valence electrons. The van der Waals surface area contributed by atoms with E-state index in [1.807, 2.05) is 37.3 Å². The van der Waals surface area contributed by atoms with Gasteiger partial charge in [-0.15, -0.1) is 0 Å². The summed E-state index contributed by atoms with van der Waals surface area (Å²) in [6.45, 7) is 3.35. The molecule has 0 bridgehead atoms. The Morgan fingerprint density at radius 3 is 2.26 bits per heavy atom. The van der Waals surface area contributed by atoms with Gasteiger partial charge in [-0.1, -0.05) is 31.5 Å². The van der Waals surface area contributed by atoms with Crippen molar-refractivity contribution in [3.63, 3.8) is 0 Å². The van der Waals surface area contributed by atoms with Gasteiger partial charge in [0.25, 0.3) is 5.56 Å². The Hall–Kier alpha value is -4.46. The van der Waals surface area contributed by atoms with Crippen LogP contribution in [0.1, 0.15) is 42.6 Å². The molecule has 35 heavy (non-hydrogen) atoms. The predicted molar refractivity (Wildman–Crippen MR) is 131 cm³/mol. The number of benzene rings is 2. The number of hydrogen-bond acceptors (Lipinski definition) is 5. The highest BCUT2D eigenvalue weighted by Crippen LogP contribution is 2.30. The minimum absolute atomic E-state index is 0.000688. The summed E-state index contributed by atoms with van der Waals surface area (Å²) >= 11 is 0. The van der Waals surface area contributed by atoms with Crippen LogP contribution in [0.25, 0.3) is 22.8 Å². The number of hydrogen-bond donors (Lipinski definition) is 1. The van der Waals surface area contributed by atoms with Crippen molar-refractivity contribution in [2.75, 3.05) is 0 Å². The molecule has 0 saturated carbocycles. The number of rotatable bonds is 8. The molecule has 0 radical (unpaired) electrons. The van der Waals surface area contributed by atoms with Gasteiger partial charge in [0, 0.05) is 18.7 Å². The summed E-state index contributed by atoms with van der Waals surface area (Å²) in [7, 11) is 0. The van der Waals surface area contributed by atoms with E-state index in [9.17, 15) is 19.5 Å². The fourth-order valence-corrected chi connectivity index (χ4v) is 4.00. The van der Waals surface area contributed by atoms with E-state index in [4.69, 9.17) is 4.74 Å². The van der Waals surface area contributed by atoms with Gasteiger partial charge in [-0.25, -0.2) is 14.2 Å². The number of para-hydroxylation sites is 1. The van der Waals surface area contributed by atoms with E-state index < -0.39 is 11.9 Å². The zero-order valence-electron chi connectivity index (χ0n) is 19.5. The molecule has 0 atom stereocenters. The second-order valence-electron chi connectivity index (χ2n) is 7.99. The van der Waals surface area contributed by atoms with Crippen LogP contribution in [0.5, 0.6) is 5.75 Å². The van der Waals surface area contributed by atoms with Gasteiger partial charge < -0.3 is 9.84 Å². The summed E-state index contributed by atoms with van der Waals surface area (Å²) < 4.78 is 8.38. The Labute approximate surface area is 202 Å². The molecule has 0 fully saturated rings. The third kappa shape index (κ3) is 4.77. The molecule has 1 N–H and O–H groups in total. The van der Waals surface area contributed by atoms with Crippen molar-refractivity contribution >= 4 is 11.9 Å². The van der Waals surface area contributed by atoms with Crippen molar-refractivity contribution in [1.29, 1.82) is 0 Å². The largest absolute Gasteiger partial charge is 0.478 e.